The predicted octanol–water partition coefficient (Wildman–Crippen LogP) is 3.00. The van der Waals surface area contributed by atoms with E-state index in [0.29, 0.717) is 25.1 Å². The van der Waals surface area contributed by atoms with E-state index in [1.807, 2.05) is 49.4 Å². The Kier molecular flexibility index (Phi) is 4.16. The van der Waals surface area contributed by atoms with Crippen LogP contribution in [0.2, 0.25) is 0 Å². The third-order valence-corrected chi connectivity index (χ3v) is 4.84. The summed E-state index contributed by atoms with van der Waals surface area (Å²) in [7, 11) is 0. The summed E-state index contributed by atoms with van der Waals surface area (Å²) in [5.74, 6) is -0.143. The Morgan fingerprint density at radius 1 is 1.27 bits per heavy atom. The molecular formula is C20H20N4O2. The number of fused-ring (bicyclic) bond motifs is 1. The maximum absolute atomic E-state index is 12.8. The molecule has 0 spiro atoms. The average molecular weight is 348 g/mol. The maximum Gasteiger partial charge on any atom is 0.247 e. The third-order valence-electron chi connectivity index (χ3n) is 4.84. The van der Waals surface area contributed by atoms with Gasteiger partial charge in [-0.15, -0.1) is 0 Å². The van der Waals surface area contributed by atoms with Crippen LogP contribution in [-0.2, 0) is 16.1 Å². The number of rotatable bonds is 4. The lowest BCUT2D eigenvalue weighted by Crippen LogP contribution is -2.41. The number of amides is 2. The summed E-state index contributed by atoms with van der Waals surface area (Å²) in [6.45, 7) is 2.47. The number of hydrogen-bond acceptors (Lipinski definition) is 3. The van der Waals surface area contributed by atoms with Gasteiger partial charge in [-0.25, -0.2) is 0 Å². The second-order valence-corrected chi connectivity index (χ2v) is 6.69. The molecule has 6 heteroatoms. The first-order valence-corrected chi connectivity index (χ1v) is 8.70. The molecule has 0 aliphatic carbocycles. The van der Waals surface area contributed by atoms with Crippen molar-refractivity contribution >= 4 is 28.4 Å². The van der Waals surface area contributed by atoms with Gasteiger partial charge in [0.1, 0.15) is 6.04 Å². The Balaban J connectivity index is 1.53. The smallest absolute Gasteiger partial charge is 0.247 e. The van der Waals surface area contributed by atoms with Crippen LogP contribution in [0.25, 0.3) is 10.9 Å². The summed E-state index contributed by atoms with van der Waals surface area (Å²) in [5.41, 5.74) is 3.66. The van der Waals surface area contributed by atoms with E-state index in [1.54, 1.807) is 11.1 Å². The molecule has 0 saturated carbocycles. The third kappa shape index (κ3) is 3.06. The summed E-state index contributed by atoms with van der Waals surface area (Å²) < 4.78 is 0. The van der Waals surface area contributed by atoms with Crippen LogP contribution in [0, 0.1) is 6.92 Å². The standard InChI is InChI=1S/C20H20N4O2/c1-13-5-7-14(8-6-13)12-24-17(9-10-18(24)25)20(26)22-16-4-2-3-15-11-21-23-19(15)16/h2-8,11,17H,9-10,12H2,1H3,(H,21,23)(H,22,26)/t17-/m1/s1. The number of aryl methyl sites for hydroxylation is 1. The highest BCUT2D eigenvalue weighted by Crippen LogP contribution is 2.25. The van der Waals surface area contributed by atoms with Crippen molar-refractivity contribution in [2.24, 2.45) is 0 Å². The number of carbonyl (C=O) groups excluding carboxylic acids is 2. The number of aromatic nitrogens is 2. The highest BCUT2D eigenvalue weighted by molar-refractivity contribution is 6.04. The van der Waals surface area contributed by atoms with Crippen molar-refractivity contribution in [3.8, 4) is 0 Å². The monoisotopic (exact) mass is 348 g/mol. The van der Waals surface area contributed by atoms with Crippen LogP contribution in [0.1, 0.15) is 24.0 Å². The molecule has 2 amide bonds. The molecule has 2 aromatic carbocycles. The van der Waals surface area contributed by atoms with Gasteiger partial charge in [-0.1, -0.05) is 42.0 Å². The van der Waals surface area contributed by atoms with E-state index in [-0.39, 0.29) is 11.8 Å². The minimum atomic E-state index is -0.456. The Morgan fingerprint density at radius 3 is 2.88 bits per heavy atom. The highest BCUT2D eigenvalue weighted by Gasteiger charge is 2.36. The Hall–Kier alpha value is -3.15. The van der Waals surface area contributed by atoms with Gasteiger partial charge in [-0.3, -0.25) is 14.7 Å². The van der Waals surface area contributed by atoms with Gasteiger partial charge in [0, 0.05) is 18.4 Å². The lowest BCUT2D eigenvalue weighted by atomic mass is 10.1. The zero-order chi connectivity index (χ0) is 18.1. The summed E-state index contributed by atoms with van der Waals surface area (Å²) >= 11 is 0. The number of para-hydroxylation sites is 1. The van der Waals surface area contributed by atoms with Crippen molar-refractivity contribution < 1.29 is 9.59 Å². The fourth-order valence-corrected chi connectivity index (χ4v) is 3.38. The fraction of sp³-hybridized carbons (Fsp3) is 0.250. The normalized spacial score (nSPS) is 17.0. The topological polar surface area (TPSA) is 78.1 Å². The number of nitrogens with one attached hydrogen (secondary N) is 2. The van der Waals surface area contributed by atoms with E-state index in [2.05, 4.69) is 15.5 Å². The molecule has 4 rings (SSSR count). The first kappa shape index (κ1) is 16.3. The van der Waals surface area contributed by atoms with E-state index >= 15 is 0 Å². The number of H-pyrrole nitrogens is 1. The Morgan fingerprint density at radius 2 is 2.08 bits per heavy atom. The summed E-state index contributed by atoms with van der Waals surface area (Å²) in [4.78, 5) is 26.8. The van der Waals surface area contributed by atoms with E-state index in [9.17, 15) is 9.59 Å². The summed E-state index contributed by atoms with van der Waals surface area (Å²) in [6.07, 6.45) is 2.65. The van der Waals surface area contributed by atoms with Crippen molar-refractivity contribution in [1.29, 1.82) is 0 Å². The molecule has 6 nitrogen and oxygen atoms in total. The Bertz CT molecular complexity index is 961. The van der Waals surface area contributed by atoms with E-state index < -0.39 is 6.04 Å². The lowest BCUT2D eigenvalue weighted by Gasteiger charge is -2.24. The van der Waals surface area contributed by atoms with Gasteiger partial charge < -0.3 is 10.2 Å². The molecule has 1 saturated heterocycles. The van der Waals surface area contributed by atoms with Crippen LogP contribution in [0.15, 0.2) is 48.7 Å². The zero-order valence-electron chi connectivity index (χ0n) is 14.5. The van der Waals surface area contributed by atoms with Crippen LogP contribution in [-0.4, -0.2) is 33.0 Å². The number of hydrogen-bond donors (Lipinski definition) is 2. The maximum atomic E-state index is 12.8. The van der Waals surface area contributed by atoms with Crippen molar-refractivity contribution in [3.05, 3.63) is 59.8 Å². The van der Waals surface area contributed by atoms with Gasteiger partial charge in [0.15, 0.2) is 0 Å². The fourth-order valence-electron chi connectivity index (χ4n) is 3.38. The quantitative estimate of drug-likeness (QED) is 0.761. The molecule has 0 bridgehead atoms. The predicted molar refractivity (Wildman–Crippen MR) is 99.5 cm³/mol. The molecule has 3 aromatic rings. The summed E-state index contributed by atoms with van der Waals surface area (Å²) in [5, 5.41) is 10.8. The molecule has 0 radical (unpaired) electrons. The van der Waals surface area contributed by atoms with Gasteiger partial charge in [-0.05, 0) is 25.0 Å². The number of anilines is 1. The molecule has 2 N–H and O–H groups in total. The molecule has 0 unspecified atom stereocenters. The number of nitrogens with zero attached hydrogens (tertiary/aromatic N) is 2. The van der Waals surface area contributed by atoms with Gasteiger partial charge in [0.25, 0.3) is 0 Å². The van der Waals surface area contributed by atoms with Crippen LogP contribution in [0.4, 0.5) is 5.69 Å². The molecule has 1 aromatic heterocycles. The molecule has 1 aliphatic heterocycles. The molecule has 132 valence electrons. The van der Waals surface area contributed by atoms with Gasteiger partial charge in [0.05, 0.1) is 17.4 Å². The molecule has 1 atom stereocenters. The first-order chi connectivity index (χ1) is 12.6. The number of benzene rings is 2. The molecule has 1 aliphatic rings. The SMILES string of the molecule is Cc1ccc(CN2C(=O)CC[C@@H]2C(=O)Nc2cccc3cn[nH]c23)cc1. The molecule has 2 heterocycles. The van der Waals surface area contributed by atoms with Crippen molar-refractivity contribution in [1.82, 2.24) is 15.1 Å². The zero-order valence-corrected chi connectivity index (χ0v) is 14.5. The lowest BCUT2D eigenvalue weighted by molar-refractivity contribution is -0.133. The highest BCUT2D eigenvalue weighted by atomic mass is 16.2. The van der Waals surface area contributed by atoms with Crippen LogP contribution < -0.4 is 5.32 Å². The largest absolute Gasteiger partial charge is 0.326 e. The molecule has 1 fully saturated rings. The van der Waals surface area contributed by atoms with E-state index in [1.165, 1.54) is 5.56 Å². The summed E-state index contributed by atoms with van der Waals surface area (Å²) in [6, 6.07) is 13.2. The van der Waals surface area contributed by atoms with Crippen LogP contribution in [0.5, 0.6) is 0 Å². The van der Waals surface area contributed by atoms with Crippen LogP contribution in [0.3, 0.4) is 0 Å². The van der Waals surface area contributed by atoms with E-state index in [0.717, 1.165) is 16.5 Å². The second kappa shape index (κ2) is 6.63. The van der Waals surface area contributed by atoms with Crippen molar-refractivity contribution in [2.45, 2.75) is 32.4 Å². The van der Waals surface area contributed by atoms with E-state index in [4.69, 9.17) is 0 Å². The van der Waals surface area contributed by atoms with Gasteiger partial charge in [-0.2, -0.15) is 5.10 Å². The number of carbonyl (C=O) groups is 2. The Labute approximate surface area is 151 Å². The number of aromatic amines is 1. The molecule has 26 heavy (non-hydrogen) atoms. The minimum absolute atomic E-state index is 0.0190. The van der Waals surface area contributed by atoms with Gasteiger partial charge >= 0.3 is 0 Å². The molecular weight excluding hydrogens is 328 g/mol. The van der Waals surface area contributed by atoms with Gasteiger partial charge in [0.2, 0.25) is 11.8 Å². The van der Waals surface area contributed by atoms with Crippen LogP contribution >= 0.6 is 0 Å². The number of likely N-dealkylation sites (tertiary alicyclic amines) is 1. The van der Waals surface area contributed by atoms with Crippen molar-refractivity contribution in [3.63, 3.8) is 0 Å². The van der Waals surface area contributed by atoms with Crippen molar-refractivity contribution in [2.75, 3.05) is 5.32 Å². The first-order valence-electron chi connectivity index (χ1n) is 8.70. The average Bonchev–Trinajstić information content (AvgIpc) is 3.25. The minimum Gasteiger partial charge on any atom is -0.326 e. The second-order valence-electron chi connectivity index (χ2n) is 6.69.